The summed E-state index contributed by atoms with van der Waals surface area (Å²) in [4.78, 5) is 0. The monoisotopic (exact) mass is 245 g/mol. The lowest BCUT2D eigenvalue weighted by Gasteiger charge is -2.40. The maximum absolute atomic E-state index is 6.66. The number of rotatable bonds is 3. The minimum Gasteiger partial charge on any atom is -0.321 e. The van der Waals surface area contributed by atoms with Crippen LogP contribution >= 0.6 is 0 Å². The highest BCUT2D eigenvalue weighted by molar-refractivity contribution is 5.29. The molecule has 0 amide bonds. The Kier molecular flexibility index (Phi) is 4.11. The number of benzene rings is 1. The van der Waals surface area contributed by atoms with Gasteiger partial charge in [0.25, 0.3) is 0 Å². The molecule has 0 radical (unpaired) electrons. The van der Waals surface area contributed by atoms with Crippen molar-refractivity contribution in [3.8, 4) is 0 Å². The summed E-state index contributed by atoms with van der Waals surface area (Å²) in [6.07, 6.45) is 5.90. The first-order valence-electron chi connectivity index (χ1n) is 7.43. The highest BCUT2D eigenvalue weighted by Crippen LogP contribution is 2.40. The summed E-state index contributed by atoms with van der Waals surface area (Å²) in [5.74, 6) is 1.56. The van der Waals surface area contributed by atoms with E-state index in [9.17, 15) is 0 Å². The molecule has 1 aliphatic rings. The van der Waals surface area contributed by atoms with Crippen LogP contribution in [-0.2, 0) is 12.0 Å². The smallest absolute Gasteiger partial charge is 0.0412 e. The van der Waals surface area contributed by atoms with Gasteiger partial charge in [-0.2, -0.15) is 0 Å². The Balaban J connectivity index is 2.14. The summed E-state index contributed by atoms with van der Waals surface area (Å²) in [5.41, 5.74) is 9.34. The van der Waals surface area contributed by atoms with Crippen molar-refractivity contribution in [3.05, 3.63) is 35.4 Å². The molecule has 0 saturated heterocycles. The highest BCUT2D eigenvalue weighted by Gasteiger charge is 2.35. The molecule has 100 valence electrons. The molecular weight excluding hydrogens is 218 g/mol. The van der Waals surface area contributed by atoms with Gasteiger partial charge in [-0.1, -0.05) is 51.5 Å². The third-order valence-corrected chi connectivity index (χ3v) is 4.77. The first-order chi connectivity index (χ1) is 8.55. The third-order valence-electron chi connectivity index (χ3n) is 4.77. The molecule has 0 heterocycles. The van der Waals surface area contributed by atoms with Crippen molar-refractivity contribution in [2.24, 2.45) is 17.6 Å². The Labute approximate surface area is 112 Å². The molecule has 1 heteroatoms. The van der Waals surface area contributed by atoms with Gasteiger partial charge in [0.2, 0.25) is 0 Å². The average Bonchev–Trinajstić information content (AvgIpc) is 2.36. The molecule has 3 atom stereocenters. The van der Waals surface area contributed by atoms with Crippen LogP contribution in [0.3, 0.4) is 0 Å². The summed E-state index contributed by atoms with van der Waals surface area (Å²) in [5, 5.41) is 0. The van der Waals surface area contributed by atoms with Crippen LogP contribution in [-0.4, -0.2) is 0 Å². The van der Waals surface area contributed by atoms with Crippen molar-refractivity contribution >= 4 is 0 Å². The standard InChI is InChI=1S/C17H27N/c1-4-5-15-6-8-16(9-7-15)17(18)11-10-13(2)14(3)12-17/h6-9,13-14H,4-5,10-12,18H2,1-3H3. The SMILES string of the molecule is CCCc1ccc(C2(N)CCC(C)C(C)C2)cc1. The van der Waals surface area contributed by atoms with Crippen LogP contribution in [0.1, 0.15) is 57.6 Å². The zero-order chi connectivity index (χ0) is 13.2. The van der Waals surface area contributed by atoms with E-state index in [0.29, 0.717) is 0 Å². The molecule has 2 N–H and O–H groups in total. The quantitative estimate of drug-likeness (QED) is 0.846. The Morgan fingerprint density at radius 1 is 1.17 bits per heavy atom. The molecular formula is C17H27N. The van der Waals surface area contributed by atoms with Gasteiger partial charge in [-0.3, -0.25) is 0 Å². The van der Waals surface area contributed by atoms with Crippen molar-refractivity contribution in [3.63, 3.8) is 0 Å². The summed E-state index contributed by atoms with van der Waals surface area (Å²) in [7, 11) is 0. The van der Waals surface area contributed by atoms with E-state index in [1.165, 1.54) is 30.4 Å². The first kappa shape index (κ1) is 13.6. The normalized spacial score (nSPS) is 32.4. The van der Waals surface area contributed by atoms with E-state index in [0.717, 1.165) is 24.7 Å². The van der Waals surface area contributed by atoms with Crippen LogP contribution in [0, 0.1) is 11.8 Å². The molecule has 3 unspecified atom stereocenters. The lowest BCUT2D eigenvalue weighted by molar-refractivity contribution is 0.177. The van der Waals surface area contributed by atoms with E-state index in [1.807, 2.05) is 0 Å². The molecule has 1 aromatic rings. The van der Waals surface area contributed by atoms with E-state index in [4.69, 9.17) is 5.73 Å². The van der Waals surface area contributed by atoms with Gasteiger partial charge in [0, 0.05) is 5.54 Å². The average molecular weight is 245 g/mol. The number of hydrogen-bond acceptors (Lipinski definition) is 1. The Morgan fingerprint density at radius 2 is 1.83 bits per heavy atom. The minimum absolute atomic E-state index is 0.0866. The molecule has 0 bridgehead atoms. The fraction of sp³-hybridized carbons (Fsp3) is 0.647. The second-order valence-corrected chi connectivity index (χ2v) is 6.30. The Morgan fingerprint density at radius 3 is 2.39 bits per heavy atom. The van der Waals surface area contributed by atoms with Crippen molar-refractivity contribution in [2.45, 2.75) is 58.4 Å². The molecule has 1 aromatic carbocycles. The molecule has 0 spiro atoms. The van der Waals surface area contributed by atoms with Gasteiger partial charge < -0.3 is 5.73 Å². The van der Waals surface area contributed by atoms with Crippen molar-refractivity contribution in [1.82, 2.24) is 0 Å². The van der Waals surface area contributed by atoms with E-state index in [-0.39, 0.29) is 5.54 Å². The van der Waals surface area contributed by atoms with Gasteiger partial charge >= 0.3 is 0 Å². The molecule has 1 fully saturated rings. The van der Waals surface area contributed by atoms with Gasteiger partial charge in [-0.05, 0) is 48.6 Å². The summed E-state index contributed by atoms with van der Waals surface area (Å²) in [6.45, 7) is 6.92. The van der Waals surface area contributed by atoms with Crippen molar-refractivity contribution < 1.29 is 0 Å². The van der Waals surface area contributed by atoms with Gasteiger partial charge in [0.1, 0.15) is 0 Å². The summed E-state index contributed by atoms with van der Waals surface area (Å²) < 4.78 is 0. The molecule has 1 saturated carbocycles. The van der Waals surface area contributed by atoms with E-state index < -0.39 is 0 Å². The summed E-state index contributed by atoms with van der Waals surface area (Å²) in [6, 6.07) is 9.04. The predicted molar refractivity (Wildman–Crippen MR) is 78.5 cm³/mol. The van der Waals surface area contributed by atoms with Crippen molar-refractivity contribution in [1.29, 1.82) is 0 Å². The second kappa shape index (κ2) is 5.44. The fourth-order valence-electron chi connectivity index (χ4n) is 3.20. The topological polar surface area (TPSA) is 26.0 Å². The molecule has 1 aliphatic carbocycles. The first-order valence-corrected chi connectivity index (χ1v) is 7.43. The van der Waals surface area contributed by atoms with Gasteiger partial charge in [-0.25, -0.2) is 0 Å². The second-order valence-electron chi connectivity index (χ2n) is 6.30. The molecule has 0 aromatic heterocycles. The lowest BCUT2D eigenvalue weighted by atomic mass is 9.69. The number of hydrogen-bond donors (Lipinski definition) is 1. The lowest BCUT2D eigenvalue weighted by Crippen LogP contribution is -2.43. The summed E-state index contributed by atoms with van der Waals surface area (Å²) >= 11 is 0. The molecule has 0 aliphatic heterocycles. The maximum atomic E-state index is 6.66. The minimum atomic E-state index is -0.0866. The van der Waals surface area contributed by atoms with Gasteiger partial charge in [-0.15, -0.1) is 0 Å². The van der Waals surface area contributed by atoms with Crippen LogP contribution in [0.2, 0.25) is 0 Å². The zero-order valence-corrected chi connectivity index (χ0v) is 12.1. The predicted octanol–water partition coefficient (Wildman–Crippen LogP) is 4.25. The molecule has 18 heavy (non-hydrogen) atoms. The van der Waals surface area contributed by atoms with E-state index >= 15 is 0 Å². The van der Waals surface area contributed by atoms with Crippen LogP contribution in [0.5, 0.6) is 0 Å². The van der Waals surface area contributed by atoms with E-state index in [2.05, 4.69) is 45.0 Å². The Hall–Kier alpha value is -0.820. The van der Waals surface area contributed by atoms with Crippen LogP contribution in [0.4, 0.5) is 0 Å². The molecule has 1 nitrogen and oxygen atoms in total. The van der Waals surface area contributed by atoms with Gasteiger partial charge in [0.05, 0.1) is 0 Å². The largest absolute Gasteiger partial charge is 0.321 e. The number of nitrogens with two attached hydrogens (primary N) is 1. The van der Waals surface area contributed by atoms with Crippen LogP contribution < -0.4 is 5.73 Å². The third kappa shape index (κ3) is 2.77. The fourth-order valence-corrected chi connectivity index (χ4v) is 3.20. The molecule has 2 rings (SSSR count). The number of aryl methyl sites for hydroxylation is 1. The van der Waals surface area contributed by atoms with Crippen LogP contribution in [0.15, 0.2) is 24.3 Å². The zero-order valence-electron chi connectivity index (χ0n) is 12.1. The van der Waals surface area contributed by atoms with Crippen LogP contribution in [0.25, 0.3) is 0 Å². The maximum Gasteiger partial charge on any atom is 0.0412 e. The highest BCUT2D eigenvalue weighted by atomic mass is 14.8. The van der Waals surface area contributed by atoms with Gasteiger partial charge in [0.15, 0.2) is 0 Å². The van der Waals surface area contributed by atoms with E-state index in [1.54, 1.807) is 0 Å². The Bertz CT molecular complexity index is 381. The van der Waals surface area contributed by atoms with Crippen molar-refractivity contribution in [2.75, 3.05) is 0 Å².